The van der Waals surface area contributed by atoms with E-state index in [0.29, 0.717) is 0 Å². The number of aromatic nitrogens is 1. The van der Waals surface area contributed by atoms with Crippen molar-refractivity contribution >= 4 is 16.6 Å². The van der Waals surface area contributed by atoms with E-state index in [9.17, 15) is 10.2 Å². The average Bonchev–Trinajstić information content (AvgIpc) is 2.94. The smallest absolute Gasteiger partial charge is 0.133 e. The van der Waals surface area contributed by atoms with Crippen molar-refractivity contribution in [3.63, 3.8) is 0 Å². The summed E-state index contributed by atoms with van der Waals surface area (Å²) in [5, 5.41) is 24.6. The molecular formula is C16H20N2O2. The van der Waals surface area contributed by atoms with Gasteiger partial charge in [-0.3, -0.25) is 0 Å². The molecule has 0 spiro atoms. The second-order valence-corrected chi connectivity index (χ2v) is 5.78. The molecule has 1 heterocycles. The van der Waals surface area contributed by atoms with Crippen molar-refractivity contribution in [3.8, 4) is 5.75 Å². The van der Waals surface area contributed by atoms with E-state index in [1.807, 2.05) is 12.1 Å². The fourth-order valence-corrected chi connectivity index (χ4v) is 3.08. The molecule has 20 heavy (non-hydrogen) atoms. The number of aliphatic hydroxyl groups excluding tert-OH is 1. The maximum Gasteiger partial charge on any atom is 0.133 e. The Morgan fingerprint density at radius 2 is 2.00 bits per heavy atom. The molecule has 4 heteroatoms. The molecule has 1 fully saturated rings. The highest BCUT2D eigenvalue weighted by Gasteiger charge is 2.33. The van der Waals surface area contributed by atoms with Crippen LogP contribution in [0.25, 0.3) is 10.8 Å². The summed E-state index contributed by atoms with van der Waals surface area (Å²) >= 11 is 0. The first-order valence-corrected chi connectivity index (χ1v) is 7.15. The summed E-state index contributed by atoms with van der Waals surface area (Å²) < 4.78 is 0. The first-order valence-electron chi connectivity index (χ1n) is 7.15. The van der Waals surface area contributed by atoms with E-state index >= 15 is 0 Å². The summed E-state index contributed by atoms with van der Waals surface area (Å²) in [6.45, 7) is 0.946. The van der Waals surface area contributed by atoms with Crippen molar-refractivity contribution in [2.24, 2.45) is 5.41 Å². The van der Waals surface area contributed by atoms with Gasteiger partial charge in [0, 0.05) is 23.5 Å². The van der Waals surface area contributed by atoms with E-state index in [4.69, 9.17) is 0 Å². The molecule has 0 radical (unpaired) electrons. The van der Waals surface area contributed by atoms with Gasteiger partial charge in [0.1, 0.15) is 11.6 Å². The van der Waals surface area contributed by atoms with Gasteiger partial charge in [0.05, 0.1) is 6.61 Å². The summed E-state index contributed by atoms with van der Waals surface area (Å²) in [7, 11) is 0. The van der Waals surface area contributed by atoms with Crippen LogP contribution < -0.4 is 5.32 Å². The van der Waals surface area contributed by atoms with Gasteiger partial charge in [0.25, 0.3) is 0 Å². The van der Waals surface area contributed by atoms with Crippen LogP contribution in [0.5, 0.6) is 5.75 Å². The first-order chi connectivity index (χ1) is 9.72. The zero-order chi connectivity index (χ0) is 14.0. The Labute approximate surface area is 118 Å². The number of hydrogen-bond donors (Lipinski definition) is 3. The normalized spacial score (nSPS) is 17.4. The summed E-state index contributed by atoms with van der Waals surface area (Å²) in [6.07, 6.45) is 6.26. The Bertz CT molecular complexity index is 606. The molecule has 1 aliphatic carbocycles. The Kier molecular flexibility index (Phi) is 3.49. The molecule has 106 valence electrons. The number of fused-ring (bicyclic) bond motifs is 1. The van der Waals surface area contributed by atoms with Crippen molar-refractivity contribution in [1.29, 1.82) is 0 Å². The molecule has 2 aromatic rings. The fraction of sp³-hybridized carbons (Fsp3) is 0.438. The molecule has 1 aromatic carbocycles. The molecule has 3 rings (SSSR count). The number of rotatable bonds is 4. The Morgan fingerprint density at radius 1 is 1.20 bits per heavy atom. The summed E-state index contributed by atoms with van der Waals surface area (Å²) in [5.74, 6) is 1.02. The second-order valence-electron chi connectivity index (χ2n) is 5.78. The number of hydrogen-bond acceptors (Lipinski definition) is 4. The lowest BCUT2D eigenvalue weighted by Gasteiger charge is -2.27. The molecule has 0 aliphatic heterocycles. The van der Waals surface area contributed by atoms with Gasteiger partial charge in [-0.15, -0.1) is 0 Å². The molecular weight excluding hydrogens is 252 g/mol. The molecule has 1 aromatic heterocycles. The number of phenolic OH excluding ortho intramolecular Hbond substituents is 1. The summed E-state index contributed by atoms with van der Waals surface area (Å²) in [4.78, 5) is 4.37. The standard InChI is InChI=1S/C16H20N2O2/c19-11-16(6-1-2-7-16)10-18-15-14-9-13(20)4-3-12(14)5-8-17-15/h3-5,8-9,19-20H,1-2,6-7,10-11H2,(H,17,18). The number of pyridine rings is 1. The molecule has 1 aliphatic rings. The SMILES string of the molecule is OCC1(CNc2nccc3ccc(O)cc23)CCCC1. The van der Waals surface area contributed by atoms with Crippen molar-refractivity contribution in [2.75, 3.05) is 18.5 Å². The van der Waals surface area contributed by atoms with Gasteiger partial charge in [0.2, 0.25) is 0 Å². The maximum absolute atomic E-state index is 9.65. The predicted octanol–water partition coefficient (Wildman–Crippen LogP) is 2.91. The lowest BCUT2D eigenvalue weighted by molar-refractivity contribution is 0.142. The summed E-state index contributed by atoms with van der Waals surface area (Å²) in [6, 6.07) is 7.22. The van der Waals surface area contributed by atoms with E-state index in [1.54, 1.807) is 18.3 Å². The van der Waals surface area contributed by atoms with Crippen molar-refractivity contribution < 1.29 is 10.2 Å². The predicted molar refractivity (Wildman–Crippen MR) is 79.9 cm³/mol. The van der Waals surface area contributed by atoms with Crippen LogP contribution in [-0.4, -0.2) is 28.3 Å². The number of aromatic hydroxyl groups is 1. The maximum atomic E-state index is 9.65. The van der Waals surface area contributed by atoms with Gasteiger partial charge in [-0.25, -0.2) is 4.98 Å². The van der Waals surface area contributed by atoms with Gasteiger partial charge < -0.3 is 15.5 Å². The van der Waals surface area contributed by atoms with Crippen LogP contribution >= 0.6 is 0 Å². The third kappa shape index (κ3) is 2.43. The highest BCUT2D eigenvalue weighted by atomic mass is 16.3. The fourth-order valence-electron chi connectivity index (χ4n) is 3.08. The number of nitrogens with one attached hydrogen (secondary N) is 1. The molecule has 0 amide bonds. The zero-order valence-electron chi connectivity index (χ0n) is 11.5. The number of nitrogens with zero attached hydrogens (tertiary/aromatic N) is 1. The minimum Gasteiger partial charge on any atom is -0.508 e. The highest BCUT2D eigenvalue weighted by Crippen LogP contribution is 2.38. The van der Waals surface area contributed by atoms with Crippen LogP contribution in [0.15, 0.2) is 30.5 Å². The van der Waals surface area contributed by atoms with E-state index in [2.05, 4.69) is 10.3 Å². The quantitative estimate of drug-likeness (QED) is 0.800. The Morgan fingerprint density at radius 3 is 2.75 bits per heavy atom. The number of phenols is 1. The topological polar surface area (TPSA) is 65.4 Å². The minimum absolute atomic E-state index is 0.0132. The van der Waals surface area contributed by atoms with E-state index in [0.717, 1.165) is 36.0 Å². The van der Waals surface area contributed by atoms with Crippen molar-refractivity contribution in [3.05, 3.63) is 30.5 Å². The van der Waals surface area contributed by atoms with Gasteiger partial charge >= 0.3 is 0 Å². The van der Waals surface area contributed by atoms with Gasteiger partial charge in [0.15, 0.2) is 0 Å². The van der Waals surface area contributed by atoms with Crippen LogP contribution in [-0.2, 0) is 0 Å². The van der Waals surface area contributed by atoms with Gasteiger partial charge in [-0.2, -0.15) is 0 Å². The minimum atomic E-state index is -0.0132. The lowest BCUT2D eigenvalue weighted by atomic mass is 9.87. The average molecular weight is 272 g/mol. The van der Waals surface area contributed by atoms with E-state index in [1.165, 1.54) is 12.8 Å². The Balaban J connectivity index is 1.85. The van der Waals surface area contributed by atoms with E-state index < -0.39 is 0 Å². The molecule has 0 saturated heterocycles. The summed E-state index contributed by atoms with van der Waals surface area (Å²) in [5.41, 5.74) is -0.0132. The van der Waals surface area contributed by atoms with Crippen LogP contribution in [0.3, 0.4) is 0 Å². The van der Waals surface area contributed by atoms with E-state index in [-0.39, 0.29) is 17.8 Å². The van der Waals surface area contributed by atoms with Crippen LogP contribution in [0.1, 0.15) is 25.7 Å². The molecule has 4 nitrogen and oxygen atoms in total. The molecule has 1 saturated carbocycles. The number of anilines is 1. The largest absolute Gasteiger partial charge is 0.508 e. The van der Waals surface area contributed by atoms with Crippen LogP contribution in [0.2, 0.25) is 0 Å². The number of aliphatic hydroxyl groups is 1. The van der Waals surface area contributed by atoms with Crippen LogP contribution in [0.4, 0.5) is 5.82 Å². The monoisotopic (exact) mass is 272 g/mol. The van der Waals surface area contributed by atoms with Crippen LogP contribution in [0, 0.1) is 5.41 Å². The molecule has 0 bridgehead atoms. The van der Waals surface area contributed by atoms with Gasteiger partial charge in [-0.1, -0.05) is 18.9 Å². The first kappa shape index (κ1) is 13.2. The van der Waals surface area contributed by atoms with Crippen molar-refractivity contribution in [1.82, 2.24) is 4.98 Å². The third-order valence-corrected chi connectivity index (χ3v) is 4.38. The zero-order valence-corrected chi connectivity index (χ0v) is 11.5. The van der Waals surface area contributed by atoms with Gasteiger partial charge in [-0.05, 0) is 36.4 Å². The second kappa shape index (κ2) is 5.29. The Hall–Kier alpha value is -1.81. The molecule has 0 atom stereocenters. The van der Waals surface area contributed by atoms with Crippen molar-refractivity contribution in [2.45, 2.75) is 25.7 Å². The third-order valence-electron chi connectivity index (χ3n) is 4.38. The lowest BCUT2D eigenvalue weighted by Crippen LogP contribution is -2.30. The number of benzene rings is 1. The highest BCUT2D eigenvalue weighted by molar-refractivity contribution is 5.92. The molecule has 0 unspecified atom stereocenters. The molecule has 3 N–H and O–H groups in total.